The number of rotatable bonds is 1. The zero-order chi connectivity index (χ0) is 11.0. The minimum atomic E-state index is 0.296. The highest BCUT2D eigenvalue weighted by Gasteiger charge is 2.47. The first-order valence-corrected chi connectivity index (χ1v) is 6.10. The Morgan fingerprint density at radius 2 is 2.25 bits per heavy atom. The van der Waals surface area contributed by atoms with Crippen molar-refractivity contribution < 1.29 is 0 Å². The van der Waals surface area contributed by atoms with Crippen molar-refractivity contribution in [2.75, 3.05) is 0 Å². The average Bonchev–Trinajstić information content (AvgIpc) is 2.83. The maximum atomic E-state index is 9.00. The first-order valence-electron chi connectivity index (χ1n) is 6.10. The number of nitriles is 1. The van der Waals surface area contributed by atoms with E-state index in [1.165, 1.54) is 32.1 Å². The van der Waals surface area contributed by atoms with Gasteiger partial charge < -0.3 is 0 Å². The molecule has 16 heavy (non-hydrogen) atoms. The summed E-state index contributed by atoms with van der Waals surface area (Å²) in [7, 11) is 0. The maximum Gasteiger partial charge on any atom is 0.138 e. The highest BCUT2D eigenvalue weighted by Crippen LogP contribution is 2.53. The van der Waals surface area contributed by atoms with E-state index in [-0.39, 0.29) is 0 Å². The Bertz CT molecular complexity index is 422. The fraction of sp³-hybridized carbons (Fsp3) is 0.750. The third-order valence-corrected chi connectivity index (χ3v) is 4.31. The Balaban J connectivity index is 1.96. The molecule has 0 amide bonds. The van der Waals surface area contributed by atoms with E-state index in [2.05, 4.69) is 16.2 Å². The Morgan fingerprint density at radius 1 is 1.44 bits per heavy atom. The van der Waals surface area contributed by atoms with Gasteiger partial charge in [-0.05, 0) is 12.8 Å². The van der Waals surface area contributed by atoms with E-state index in [0.717, 1.165) is 12.4 Å². The molecule has 4 nitrogen and oxygen atoms in total. The van der Waals surface area contributed by atoms with Crippen LogP contribution >= 0.6 is 0 Å². The smallest absolute Gasteiger partial charge is 0.138 e. The van der Waals surface area contributed by atoms with E-state index in [1.54, 1.807) is 6.33 Å². The summed E-state index contributed by atoms with van der Waals surface area (Å²) in [5.41, 5.74) is 0.296. The van der Waals surface area contributed by atoms with Gasteiger partial charge in [0, 0.05) is 24.3 Å². The molecule has 1 saturated carbocycles. The van der Waals surface area contributed by atoms with E-state index in [0.29, 0.717) is 17.8 Å². The van der Waals surface area contributed by atoms with Gasteiger partial charge in [0.15, 0.2) is 0 Å². The van der Waals surface area contributed by atoms with Crippen molar-refractivity contribution in [1.82, 2.24) is 14.8 Å². The topological polar surface area (TPSA) is 54.5 Å². The van der Waals surface area contributed by atoms with Gasteiger partial charge in [0.05, 0.1) is 6.07 Å². The van der Waals surface area contributed by atoms with Gasteiger partial charge in [0.2, 0.25) is 0 Å². The van der Waals surface area contributed by atoms with Crippen LogP contribution < -0.4 is 0 Å². The summed E-state index contributed by atoms with van der Waals surface area (Å²) >= 11 is 0. The lowest BCUT2D eigenvalue weighted by molar-refractivity contribution is 0.145. The van der Waals surface area contributed by atoms with Gasteiger partial charge in [0.25, 0.3) is 0 Å². The highest BCUT2D eigenvalue weighted by molar-refractivity contribution is 5.14. The molecule has 84 valence electrons. The molecule has 1 atom stereocenters. The van der Waals surface area contributed by atoms with Crippen LogP contribution in [0.15, 0.2) is 6.33 Å². The van der Waals surface area contributed by atoms with Crippen molar-refractivity contribution in [2.45, 2.75) is 51.0 Å². The van der Waals surface area contributed by atoms with Crippen molar-refractivity contribution in [2.24, 2.45) is 5.41 Å². The molecule has 0 N–H and O–H groups in total. The van der Waals surface area contributed by atoms with Gasteiger partial charge in [0.1, 0.15) is 12.2 Å². The molecule has 1 aliphatic carbocycles. The van der Waals surface area contributed by atoms with E-state index in [9.17, 15) is 0 Å². The summed E-state index contributed by atoms with van der Waals surface area (Å²) in [5, 5.41) is 13.3. The van der Waals surface area contributed by atoms with Crippen molar-refractivity contribution in [3.8, 4) is 6.07 Å². The zero-order valence-electron chi connectivity index (χ0n) is 9.39. The molecule has 0 bridgehead atoms. The molecule has 1 aromatic rings. The zero-order valence-corrected chi connectivity index (χ0v) is 9.39. The molecule has 0 saturated heterocycles. The molecule has 1 aliphatic heterocycles. The Labute approximate surface area is 95.3 Å². The quantitative estimate of drug-likeness (QED) is 0.723. The second-order valence-electron chi connectivity index (χ2n) is 5.11. The third kappa shape index (κ3) is 1.27. The molecule has 1 unspecified atom stereocenters. The van der Waals surface area contributed by atoms with E-state index >= 15 is 0 Å². The summed E-state index contributed by atoms with van der Waals surface area (Å²) in [4.78, 5) is 4.35. The van der Waals surface area contributed by atoms with Gasteiger partial charge in [-0.3, -0.25) is 0 Å². The molecule has 2 heterocycles. The lowest BCUT2D eigenvalue weighted by Crippen LogP contribution is -2.29. The second kappa shape index (κ2) is 3.58. The monoisotopic (exact) mass is 216 g/mol. The van der Waals surface area contributed by atoms with E-state index in [4.69, 9.17) is 5.26 Å². The van der Waals surface area contributed by atoms with Crippen LogP contribution in [-0.2, 0) is 6.54 Å². The van der Waals surface area contributed by atoms with Crippen LogP contribution in [0.4, 0.5) is 0 Å². The molecule has 3 rings (SSSR count). The fourth-order valence-corrected chi connectivity index (χ4v) is 3.51. The Morgan fingerprint density at radius 3 is 3.00 bits per heavy atom. The highest BCUT2D eigenvalue weighted by atomic mass is 15.4. The van der Waals surface area contributed by atoms with E-state index in [1.807, 2.05) is 4.68 Å². The van der Waals surface area contributed by atoms with Gasteiger partial charge in [-0.15, -0.1) is 0 Å². The third-order valence-electron chi connectivity index (χ3n) is 4.31. The number of fused-ring (bicyclic) bond motifs is 1. The van der Waals surface area contributed by atoms with Crippen molar-refractivity contribution in [3.63, 3.8) is 0 Å². The Hall–Kier alpha value is -1.37. The van der Waals surface area contributed by atoms with Crippen LogP contribution in [0.3, 0.4) is 0 Å². The lowest BCUT2D eigenvalue weighted by atomic mass is 9.66. The summed E-state index contributed by atoms with van der Waals surface area (Å²) in [6.07, 6.45) is 8.64. The predicted molar refractivity (Wildman–Crippen MR) is 58.5 cm³/mol. The molecule has 4 heteroatoms. The number of nitrogens with zero attached hydrogens (tertiary/aromatic N) is 4. The minimum Gasteiger partial charge on any atom is -0.249 e. The first kappa shape index (κ1) is 9.83. The first-order chi connectivity index (χ1) is 7.86. The fourth-order valence-electron chi connectivity index (χ4n) is 3.51. The average molecular weight is 216 g/mol. The molecule has 0 aromatic carbocycles. The molecule has 2 aliphatic rings. The lowest BCUT2D eigenvalue weighted by Gasteiger charge is -2.36. The van der Waals surface area contributed by atoms with Crippen molar-refractivity contribution >= 4 is 0 Å². The summed E-state index contributed by atoms with van der Waals surface area (Å²) in [6, 6.07) is 2.33. The van der Waals surface area contributed by atoms with Crippen LogP contribution in [-0.4, -0.2) is 14.8 Å². The SMILES string of the molecule is N#CCC1c2ncnn2CC12CCCCC2. The summed E-state index contributed by atoms with van der Waals surface area (Å²) in [6.45, 7) is 0.981. The molecule has 1 spiro atoms. The largest absolute Gasteiger partial charge is 0.249 e. The number of aromatic nitrogens is 3. The van der Waals surface area contributed by atoms with Crippen LogP contribution in [0.1, 0.15) is 50.3 Å². The van der Waals surface area contributed by atoms with Gasteiger partial charge in [-0.25, -0.2) is 9.67 Å². The van der Waals surface area contributed by atoms with Gasteiger partial charge in [-0.1, -0.05) is 19.3 Å². The maximum absolute atomic E-state index is 9.00. The van der Waals surface area contributed by atoms with Crippen molar-refractivity contribution in [3.05, 3.63) is 12.2 Å². The van der Waals surface area contributed by atoms with Gasteiger partial charge >= 0.3 is 0 Å². The van der Waals surface area contributed by atoms with Gasteiger partial charge in [-0.2, -0.15) is 10.4 Å². The number of hydrogen-bond donors (Lipinski definition) is 0. The summed E-state index contributed by atoms with van der Waals surface area (Å²) in [5.74, 6) is 1.36. The van der Waals surface area contributed by atoms with E-state index < -0.39 is 0 Å². The van der Waals surface area contributed by atoms with Crippen molar-refractivity contribution in [1.29, 1.82) is 5.26 Å². The summed E-state index contributed by atoms with van der Waals surface area (Å²) < 4.78 is 2.02. The van der Waals surface area contributed by atoms with Crippen LogP contribution in [0.2, 0.25) is 0 Å². The molecule has 0 radical (unpaired) electrons. The number of hydrogen-bond acceptors (Lipinski definition) is 3. The van der Waals surface area contributed by atoms with Crippen LogP contribution in [0, 0.1) is 16.7 Å². The molecular formula is C12H16N4. The predicted octanol–water partition coefficient (Wildman–Crippen LogP) is 2.24. The molecular weight excluding hydrogens is 200 g/mol. The standard InChI is InChI=1S/C12H16N4/c13-7-4-10-11-14-9-15-16(11)8-12(10)5-2-1-3-6-12/h9-10H,1-6,8H2. The molecule has 1 aromatic heterocycles. The van der Waals surface area contributed by atoms with Crippen LogP contribution in [0.5, 0.6) is 0 Å². The normalized spacial score (nSPS) is 26.6. The Kier molecular flexibility index (Phi) is 2.20. The van der Waals surface area contributed by atoms with Crippen LogP contribution in [0.25, 0.3) is 0 Å². The second-order valence-corrected chi connectivity index (χ2v) is 5.11. The molecule has 1 fully saturated rings. The minimum absolute atomic E-state index is 0.296.